The predicted molar refractivity (Wildman–Crippen MR) is 163 cm³/mol. The first-order valence-corrected chi connectivity index (χ1v) is 15.1. The molecule has 0 aliphatic rings. The Hall–Kier alpha value is -4.56. The number of aryl methyl sites for hydroxylation is 4. The number of unbranched alkanes of at least 4 members (excludes halogenated alkanes) is 1. The number of nitrogens with zero attached hydrogens (tertiary/aromatic N) is 8. The molecular weight excluding hydrogens is 573 g/mol. The molecule has 0 radical (unpaired) electrons. The Kier molecular flexibility index (Phi) is 7.97. The van der Waals surface area contributed by atoms with E-state index in [0.29, 0.717) is 10.3 Å². The summed E-state index contributed by atoms with van der Waals surface area (Å²) in [4.78, 5) is 25.2. The number of amides is 2. The second kappa shape index (κ2) is 12.1. The zero-order valence-corrected chi connectivity index (χ0v) is 24.7. The van der Waals surface area contributed by atoms with Gasteiger partial charge in [0.15, 0.2) is 0 Å². The van der Waals surface area contributed by atoms with Gasteiger partial charge in [0, 0.05) is 37.7 Å². The second-order valence-electron chi connectivity index (χ2n) is 9.83. The molecule has 12 nitrogen and oxygen atoms in total. The normalized spacial score (nSPS) is 11.4. The highest BCUT2D eigenvalue weighted by Crippen LogP contribution is 2.23. The van der Waals surface area contributed by atoms with E-state index in [2.05, 4.69) is 41.2 Å². The summed E-state index contributed by atoms with van der Waals surface area (Å²) in [6.07, 6.45) is 3.60. The van der Waals surface area contributed by atoms with Crippen molar-refractivity contribution in [2.45, 2.75) is 38.5 Å². The fourth-order valence-corrected chi connectivity index (χ4v) is 6.43. The van der Waals surface area contributed by atoms with Crippen molar-refractivity contribution in [3.8, 4) is 0 Å². The van der Waals surface area contributed by atoms with Gasteiger partial charge < -0.3 is 10.6 Å². The van der Waals surface area contributed by atoms with E-state index in [1.165, 1.54) is 22.7 Å². The Bertz CT molecular complexity index is 1750. The van der Waals surface area contributed by atoms with Crippen LogP contribution in [0, 0.1) is 0 Å². The van der Waals surface area contributed by atoms with E-state index in [1.54, 1.807) is 9.36 Å². The Morgan fingerprint density at radius 3 is 1.55 bits per heavy atom. The number of hydrogen-bond donors (Lipinski definition) is 2. The van der Waals surface area contributed by atoms with E-state index in [-0.39, 0.29) is 24.7 Å². The molecule has 42 heavy (non-hydrogen) atoms. The van der Waals surface area contributed by atoms with E-state index in [1.807, 2.05) is 62.6 Å². The maximum absolute atomic E-state index is 12.6. The van der Waals surface area contributed by atoms with Gasteiger partial charge >= 0.3 is 0 Å². The van der Waals surface area contributed by atoms with Crippen LogP contribution in [-0.4, -0.2) is 51.8 Å². The van der Waals surface area contributed by atoms with Gasteiger partial charge in [0.25, 0.3) is 0 Å². The van der Waals surface area contributed by atoms with Crippen molar-refractivity contribution < 1.29 is 9.59 Å². The van der Waals surface area contributed by atoms with Crippen molar-refractivity contribution in [2.24, 2.45) is 14.1 Å². The summed E-state index contributed by atoms with van der Waals surface area (Å²) in [5.74, 6) is -0.344. The molecule has 2 amide bonds. The monoisotopic (exact) mass is 600 g/mol. The van der Waals surface area contributed by atoms with Gasteiger partial charge in [-0.25, -0.2) is 0 Å². The third-order valence-electron chi connectivity index (χ3n) is 6.78. The lowest BCUT2D eigenvalue weighted by atomic mass is 10.1. The molecule has 0 bridgehead atoms. The maximum Gasteiger partial charge on any atom is 0.232 e. The van der Waals surface area contributed by atoms with Crippen LogP contribution in [-0.2, 0) is 49.4 Å². The Morgan fingerprint density at radius 1 is 0.667 bits per heavy atom. The standard InChI is InChI=1S/C28H28N10O2S2/c1-37-21-11-5-3-9-17(21)19(35-37)15-23(39)29-27-33-31-25(41-27)13-7-8-14-26-32-34-28(42-26)30-24(40)16-20-18-10-4-6-12-22(18)38(2)36-20/h3-6,9-12H,7-8,13-16H2,1-2H3,(H,29,33,39)(H,30,34,40). The first-order chi connectivity index (χ1) is 20.4. The fourth-order valence-electron chi connectivity index (χ4n) is 4.83. The molecule has 0 aliphatic heterocycles. The molecular formula is C28H28N10O2S2. The van der Waals surface area contributed by atoms with Crippen molar-refractivity contribution in [2.75, 3.05) is 10.6 Å². The Balaban J connectivity index is 0.935. The van der Waals surface area contributed by atoms with Crippen LogP contribution < -0.4 is 10.6 Å². The number of benzene rings is 2. The second-order valence-corrected chi connectivity index (χ2v) is 12.0. The van der Waals surface area contributed by atoms with Gasteiger partial charge in [-0.05, 0) is 25.0 Å². The van der Waals surface area contributed by atoms with Gasteiger partial charge in [0.1, 0.15) is 10.0 Å². The first kappa shape index (κ1) is 27.6. The first-order valence-electron chi connectivity index (χ1n) is 13.5. The molecule has 0 unspecified atom stereocenters. The summed E-state index contributed by atoms with van der Waals surface area (Å²) >= 11 is 2.76. The molecule has 4 aromatic heterocycles. The summed E-state index contributed by atoms with van der Waals surface area (Å²) in [5, 5.41) is 36.0. The summed E-state index contributed by atoms with van der Waals surface area (Å²) in [7, 11) is 3.74. The number of rotatable bonds is 11. The quantitative estimate of drug-likeness (QED) is 0.212. The van der Waals surface area contributed by atoms with Crippen molar-refractivity contribution in [3.63, 3.8) is 0 Å². The topological polar surface area (TPSA) is 145 Å². The average molecular weight is 601 g/mol. The summed E-state index contributed by atoms with van der Waals surface area (Å²) in [6.45, 7) is 0. The van der Waals surface area contributed by atoms with Crippen LogP contribution in [0.15, 0.2) is 48.5 Å². The fraction of sp³-hybridized carbons (Fsp3) is 0.286. The molecule has 0 fully saturated rings. The van der Waals surface area contributed by atoms with Crippen molar-refractivity contribution in [1.82, 2.24) is 40.0 Å². The molecule has 14 heteroatoms. The minimum Gasteiger partial charge on any atom is -0.300 e. The van der Waals surface area contributed by atoms with Crippen LogP contribution in [0.1, 0.15) is 34.2 Å². The Labute approximate surface area is 248 Å². The summed E-state index contributed by atoms with van der Waals surface area (Å²) in [6, 6.07) is 15.7. The summed E-state index contributed by atoms with van der Waals surface area (Å²) in [5.41, 5.74) is 3.44. The number of anilines is 2. The van der Waals surface area contributed by atoms with Gasteiger partial charge in [0.05, 0.1) is 35.3 Å². The molecule has 0 saturated carbocycles. The third kappa shape index (κ3) is 6.19. The highest BCUT2D eigenvalue weighted by Gasteiger charge is 2.16. The van der Waals surface area contributed by atoms with Gasteiger partial charge in [-0.1, -0.05) is 59.1 Å². The number of carbonyl (C=O) groups excluding carboxylic acids is 2. The lowest BCUT2D eigenvalue weighted by Gasteiger charge is -1.99. The van der Waals surface area contributed by atoms with Gasteiger partial charge in [-0.2, -0.15) is 10.2 Å². The molecule has 0 saturated heterocycles. The molecule has 0 spiro atoms. The van der Waals surface area contributed by atoms with Gasteiger partial charge in [-0.15, -0.1) is 20.4 Å². The number of hydrogen-bond acceptors (Lipinski definition) is 10. The van der Waals surface area contributed by atoms with Crippen LogP contribution in [0.25, 0.3) is 21.8 Å². The molecule has 6 rings (SSSR count). The zero-order valence-electron chi connectivity index (χ0n) is 23.1. The Morgan fingerprint density at radius 2 is 1.10 bits per heavy atom. The number of para-hydroxylation sites is 2. The van der Waals surface area contributed by atoms with Crippen LogP contribution >= 0.6 is 22.7 Å². The third-order valence-corrected chi connectivity index (χ3v) is 8.58. The van der Waals surface area contributed by atoms with Crippen molar-refractivity contribution in [1.29, 1.82) is 0 Å². The van der Waals surface area contributed by atoms with E-state index < -0.39 is 0 Å². The summed E-state index contributed by atoms with van der Waals surface area (Å²) < 4.78 is 3.57. The highest BCUT2D eigenvalue weighted by molar-refractivity contribution is 7.15. The van der Waals surface area contributed by atoms with Crippen LogP contribution in [0.5, 0.6) is 0 Å². The molecule has 2 N–H and O–H groups in total. The molecule has 214 valence electrons. The van der Waals surface area contributed by atoms with Gasteiger partial charge in [-0.3, -0.25) is 19.0 Å². The number of aromatic nitrogens is 8. The molecule has 6 aromatic rings. The number of nitrogens with one attached hydrogen (secondary N) is 2. The minimum absolute atomic E-state index is 0.167. The average Bonchev–Trinajstić information content (AvgIpc) is 3.75. The zero-order chi connectivity index (χ0) is 29.1. The molecule has 0 aliphatic carbocycles. The maximum atomic E-state index is 12.6. The van der Waals surface area contributed by atoms with Crippen molar-refractivity contribution >= 4 is 66.6 Å². The van der Waals surface area contributed by atoms with Crippen molar-refractivity contribution in [3.05, 3.63) is 69.9 Å². The molecule has 4 heterocycles. The van der Waals surface area contributed by atoms with E-state index in [0.717, 1.165) is 68.9 Å². The van der Waals surface area contributed by atoms with E-state index in [9.17, 15) is 9.59 Å². The predicted octanol–water partition coefficient (Wildman–Crippen LogP) is 4.09. The smallest absolute Gasteiger partial charge is 0.232 e. The largest absolute Gasteiger partial charge is 0.300 e. The van der Waals surface area contributed by atoms with Crippen LogP contribution in [0.4, 0.5) is 10.3 Å². The van der Waals surface area contributed by atoms with Gasteiger partial charge in [0.2, 0.25) is 22.1 Å². The molecule has 2 aromatic carbocycles. The SMILES string of the molecule is Cn1nc(CC(=O)Nc2nnc(CCCCc3nnc(NC(=O)Cc4nn(C)c5ccccc45)s3)s2)c2ccccc21. The number of carbonyl (C=O) groups is 2. The molecule has 0 atom stereocenters. The minimum atomic E-state index is -0.172. The highest BCUT2D eigenvalue weighted by atomic mass is 32.1. The van der Waals surface area contributed by atoms with Crippen LogP contribution in [0.2, 0.25) is 0 Å². The van der Waals surface area contributed by atoms with E-state index in [4.69, 9.17) is 0 Å². The van der Waals surface area contributed by atoms with E-state index >= 15 is 0 Å². The number of fused-ring (bicyclic) bond motifs is 2. The van der Waals surface area contributed by atoms with Crippen LogP contribution in [0.3, 0.4) is 0 Å². The lowest BCUT2D eigenvalue weighted by molar-refractivity contribution is -0.116. The lowest BCUT2D eigenvalue weighted by Crippen LogP contribution is -2.14.